The number of ether oxygens (including phenoxy) is 2. The second-order valence-electron chi connectivity index (χ2n) is 23.5. The van der Waals surface area contributed by atoms with Crippen LogP contribution in [0, 0.1) is 0 Å². The number of esters is 2. The molecular formula is C76H127NO8P+. The minimum atomic E-state index is -4.41. The molecule has 0 aromatic rings. The van der Waals surface area contributed by atoms with Gasteiger partial charge < -0.3 is 18.9 Å². The topological polar surface area (TPSA) is 108 Å². The Morgan fingerprint density at radius 1 is 0.372 bits per heavy atom. The van der Waals surface area contributed by atoms with Crippen molar-refractivity contribution in [2.75, 3.05) is 47.5 Å². The number of hydrogen-bond donors (Lipinski definition) is 1. The predicted molar refractivity (Wildman–Crippen MR) is 371 cm³/mol. The second-order valence-corrected chi connectivity index (χ2v) is 24.9. The lowest BCUT2D eigenvalue weighted by Gasteiger charge is -2.24. The van der Waals surface area contributed by atoms with E-state index in [0.717, 1.165) is 109 Å². The molecule has 0 aromatic carbocycles. The minimum absolute atomic E-state index is 0.0152. The van der Waals surface area contributed by atoms with Gasteiger partial charge in [0.2, 0.25) is 0 Å². The molecule has 86 heavy (non-hydrogen) atoms. The molecule has 0 saturated carbocycles. The number of carbonyl (C=O) groups is 2. The Morgan fingerprint density at radius 3 is 1.02 bits per heavy atom. The van der Waals surface area contributed by atoms with Crippen LogP contribution in [-0.4, -0.2) is 74.9 Å². The van der Waals surface area contributed by atoms with E-state index < -0.39 is 26.5 Å². The van der Waals surface area contributed by atoms with Gasteiger partial charge in [-0.15, -0.1) is 0 Å². The molecule has 10 heteroatoms. The second kappa shape index (κ2) is 65.1. The normalized spacial score (nSPS) is 14.2. The third-order valence-corrected chi connectivity index (χ3v) is 15.0. The summed E-state index contributed by atoms with van der Waals surface area (Å²) in [5.41, 5.74) is 0. The molecule has 0 aliphatic carbocycles. The van der Waals surface area contributed by atoms with Gasteiger partial charge in [0, 0.05) is 12.8 Å². The van der Waals surface area contributed by atoms with Gasteiger partial charge in [-0.05, 0) is 128 Å². The standard InChI is InChI=1S/C76H126NO8P/c1-6-8-10-12-14-16-18-20-22-24-26-28-30-31-32-33-34-35-36-37-38-39-40-41-42-43-44-45-47-49-51-53-55-57-59-61-63-65-67-69-76(79)85-74(73-84-86(80,81)83-71-70-77(3,4)5)72-82-75(78)68-66-64-62-60-58-56-54-52-50-48-46-29-27-25-23-21-19-17-15-13-11-9-7-2/h8,10,14,16,20,22,25-28,31-32,34-35,37-38,40-41,43-44,47,49,53,55,59,61,74H,6-7,9,11-13,15,17-19,21,23-24,29-30,33,36,39,42,45-46,48,50-52,54,56-58,60,62-73H2,1-5H3/p+1/b10-8-,16-14-,22-20-,27-25-,28-26-,32-31-,35-34-,38-37-,41-40-,44-43-,49-47-,55-53-,61-59-. The SMILES string of the molecule is CC/C=C\C/C=C\C/C=C\C/C=C\C/C=C\C/C=C\C/C=C\C/C=C\C/C=C\C/C=C\C/C=C\C/C=C\CCCCC(=O)OC(COC(=O)CCCCCCCCCCCCC/C=C\CCCCCCCCCC)COP(=O)(O)OCC[N+](C)(C)C. The average molecular weight is 1210 g/mol. The molecule has 488 valence electrons. The molecule has 2 atom stereocenters. The summed E-state index contributed by atoms with van der Waals surface area (Å²) in [6, 6.07) is 0. The lowest BCUT2D eigenvalue weighted by molar-refractivity contribution is -0.870. The van der Waals surface area contributed by atoms with Crippen molar-refractivity contribution >= 4 is 19.8 Å². The molecule has 0 radical (unpaired) electrons. The maximum Gasteiger partial charge on any atom is 0.472 e. The fourth-order valence-corrected chi connectivity index (χ4v) is 9.56. The third kappa shape index (κ3) is 68.7. The van der Waals surface area contributed by atoms with E-state index in [1.54, 1.807) is 0 Å². The Morgan fingerprint density at radius 2 is 0.663 bits per heavy atom. The molecule has 2 unspecified atom stereocenters. The number of hydrogen-bond acceptors (Lipinski definition) is 7. The van der Waals surface area contributed by atoms with Crippen LogP contribution in [0.1, 0.15) is 258 Å². The van der Waals surface area contributed by atoms with Gasteiger partial charge >= 0.3 is 19.8 Å². The molecule has 0 rings (SSSR count). The molecule has 0 amide bonds. The van der Waals surface area contributed by atoms with Crippen LogP contribution in [0.15, 0.2) is 158 Å². The smallest absolute Gasteiger partial charge is 0.462 e. The molecule has 0 saturated heterocycles. The summed E-state index contributed by atoms with van der Waals surface area (Å²) in [4.78, 5) is 35.8. The molecule has 0 aliphatic heterocycles. The van der Waals surface area contributed by atoms with Gasteiger partial charge in [-0.3, -0.25) is 18.6 Å². The van der Waals surface area contributed by atoms with Crippen LogP contribution >= 0.6 is 7.82 Å². The van der Waals surface area contributed by atoms with Gasteiger partial charge in [0.1, 0.15) is 19.8 Å². The monoisotopic (exact) mass is 1210 g/mol. The van der Waals surface area contributed by atoms with E-state index in [9.17, 15) is 19.0 Å². The van der Waals surface area contributed by atoms with E-state index in [4.69, 9.17) is 18.5 Å². The molecule has 0 bridgehead atoms. The number of phosphoric acid groups is 1. The van der Waals surface area contributed by atoms with Crippen LogP contribution in [0.4, 0.5) is 0 Å². The number of phosphoric ester groups is 1. The van der Waals surface area contributed by atoms with Gasteiger partial charge in [-0.1, -0.05) is 275 Å². The number of rotatable bonds is 61. The number of allylic oxidation sites excluding steroid dienone is 26. The quantitative estimate of drug-likeness (QED) is 0.0211. The van der Waals surface area contributed by atoms with Crippen LogP contribution < -0.4 is 0 Å². The van der Waals surface area contributed by atoms with E-state index in [2.05, 4.69) is 172 Å². The first-order chi connectivity index (χ1) is 42.0. The summed E-state index contributed by atoms with van der Waals surface area (Å²) in [5, 5.41) is 0. The molecule has 0 aliphatic rings. The number of nitrogens with zero attached hydrogens (tertiary/aromatic N) is 1. The zero-order valence-corrected chi connectivity index (χ0v) is 56.4. The van der Waals surface area contributed by atoms with E-state index in [0.29, 0.717) is 17.4 Å². The average Bonchev–Trinajstić information content (AvgIpc) is 3.56. The highest BCUT2D eigenvalue weighted by molar-refractivity contribution is 7.47. The Kier molecular flexibility index (Phi) is 61.8. The van der Waals surface area contributed by atoms with Crippen molar-refractivity contribution in [1.82, 2.24) is 0 Å². The first kappa shape index (κ1) is 81.6. The highest BCUT2D eigenvalue weighted by atomic mass is 31.2. The van der Waals surface area contributed by atoms with Gasteiger partial charge in [0.05, 0.1) is 27.7 Å². The highest BCUT2D eigenvalue weighted by Gasteiger charge is 2.27. The first-order valence-corrected chi connectivity index (χ1v) is 35.7. The van der Waals surface area contributed by atoms with E-state index in [-0.39, 0.29) is 32.0 Å². The van der Waals surface area contributed by atoms with E-state index in [1.807, 2.05) is 21.1 Å². The predicted octanol–water partition coefficient (Wildman–Crippen LogP) is 22.4. The van der Waals surface area contributed by atoms with Crippen molar-refractivity contribution in [1.29, 1.82) is 0 Å². The highest BCUT2D eigenvalue weighted by Crippen LogP contribution is 2.43. The number of carbonyl (C=O) groups excluding carboxylic acids is 2. The summed E-state index contributed by atoms with van der Waals surface area (Å²) in [6.45, 7) is 4.27. The molecule has 0 heterocycles. The fraction of sp³-hybridized carbons (Fsp3) is 0.632. The zero-order chi connectivity index (χ0) is 62.6. The van der Waals surface area contributed by atoms with Gasteiger partial charge in [-0.2, -0.15) is 0 Å². The van der Waals surface area contributed by atoms with Crippen molar-refractivity contribution in [3.8, 4) is 0 Å². The maximum atomic E-state index is 12.8. The lowest BCUT2D eigenvalue weighted by Crippen LogP contribution is -2.37. The van der Waals surface area contributed by atoms with Crippen molar-refractivity contribution in [2.24, 2.45) is 0 Å². The summed E-state index contributed by atoms with van der Waals surface area (Å²) in [7, 11) is 1.43. The van der Waals surface area contributed by atoms with Crippen molar-refractivity contribution in [3.05, 3.63) is 158 Å². The molecule has 1 N–H and O–H groups in total. The third-order valence-electron chi connectivity index (χ3n) is 14.0. The van der Waals surface area contributed by atoms with Gasteiger partial charge in [0.15, 0.2) is 6.10 Å². The fourth-order valence-electron chi connectivity index (χ4n) is 8.82. The van der Waals surface area contributed by atoms with Crippen molar-refractivity contribution in [3.63, 3.8) is 0 Å². The molecular weight excluding hydrogens is 1090 g/mol. The molecule has 9 nitrogen and oxygen atoms in total. The van der Waals surface area contributed by atoms with Crippen molar-refractivity contribution < 1.29 is 42.1 Å². The lowest BCUT2D eigenvalue weighted by atomic mass is 10.0. The largest absolute Gasteiger partial charge is 0.472 e. The maximum absolute atomic E-state index is 12.8. The van der Waals surface area contributed by atoms with Crippen LogP contribution in [-0.2, 0) is 32.7 Å². The first-order valence-electron chi connectivity index (χ1n) is 34.2. The summed E-state index contributed by atoms with van der Waals surface area (Å²) < 4.78 is 34.6. The zero-order valence-electron chi connectivity index (χ0n) is 55.5. The van der Waals surface area contributed by atoms with Gasteiger partial charge in [-0.25, -0.2) is 4.57 Å². The Balaban J connectivity index is 4.22. The number of quaternary nitrogens is 1. The Bertz CT molecular complexity index is 2010. The number of likely N-dealkylation sites (N-methyl/N-ethyl adjacent to an activating group) is 1. The van der Waals surface area contributed by atoms with Crippen molar-refractivity contribution in [2.45, 2.75) is 264 Å². The summed E-state index contributed by atoms with van der Waals surface area (Å²) >= 11 is 0. The molecule has 0 fully saturated rings. The van der Waals surface area contributed by atoms with E-state index in [1.165, 1.54) is 116 Å². The van der Waals surface area contributed by atoms with Crippen LogP contribution in [0.25, 0.3) is 0 Å². The van der Waals surface area contributed by atoms with Crippen LogP contribution in [0.3, 0.4) is 0 Å². The van der Waals surface area contributed by atoms with E-state index >= 15 is 0 Å². The number of unbranched alkanes of at least 4 members (excludes halogenated alkanes) is 21. The van der Waals surface area contributed by atoms with Gasteiger partial charge in [0.25, 0.3) is 0 Å². The molecule has 0 spiro atoms. The molecule has 0 aromatic heterocycles. The Hall–Kier alpha value is -4.37. The Labute approximate surface area is 528 Å². The summed E-state index contributed by atoms with van der Waals surface area (Å²) in [6.07, 6.45) is 97.7. The minimum Gasteiger partial charge on any atom is -0.462 e. The summed E-state index contributed by atoms with van der Waals surface area (Å²) in [5.74, 6) is -0.856. The van der Waals surface area contributed by atoms with Crippen LogP contribution in [0.2, 0.25) is 0 Å². The van der Waals surface area contributed by atoms with Crippen LogP contribution in [0.5, 0.6) is 0 Å².